The Morgan fingerprint density at radius 2 is 2.00 bits per heavy atom. The highest BCUT2D eigenvalue weighted by Crippen LogP contribution is 2.31. The van der Waals surface area contributed by atoms with E-state index in [0.29, 0.717) is 10.7 Å². The van der Waals surface area contributed by atoms with Crippen LogP contribution in [0.5, 0.6) is 0 Å². The molecular formula is C21H18F5N7O2. The lowest BCUT2D eigenvalue weighted by molar-refractivity contribution is -0.141. The lowest BCUT2D eigenvalue weighted by atomic mass is 10.2. The van der Waals surface area contributed by atoms with E-state index in [0.717, 1.165) is 10.6 Å². The fraction of sp³-hybridized carbons (Fsp3) is 0.333. The van der Waals surface area contributed by atoms with Crippen molar-refractivity contribution in [3.05, 3.63) is 48.1 Å². The standard InChI is InChI=1S/C21H18F5N7O2/c22-11-3-14(23)19-29-6-17(32(19)7-11)18-13-5-28-15(4-16(13)33(30-18)10-21(24,25)26)20(34)31-1-2-35-9-12(27)8-31/h3-7,12H,1-2,8-10,27H2. The predicted molar refractivity (Wildman–Crippen MR) is 112 cm³/mol. The van der Waals surface area contributed by atoms with Gasteiger partial charge in [-0.3, -0.25) is 18.9 Å². The zero-order valence-corrected chi connectivity index (χ0v) is 18.0. The fourth-order valence-corrected chi connectivity index (χ4v) is 4.04. The predicted octanol–water partition coefficient (Wildman–Crippen LogP) is 2.39. The third-order valence-electron chi connectivity index (χ3n) is 5.53. The van der Waals surface area contributed by atoms with E-state index >= 15 is 0 Å². The number of pyridine rings is 2. The number of alkyl halides is 3. The van der Waals surface area contributed by atoms with E-state index in [2.05, 4.69) is 15.1 Å². The molecule has 0 spiro atoms. The molecule has 0 aromatic carbocycles. The third-order valence-corrected chi connectivity index (χ3v) is 5.53. The van der Waals surface area contributed by atoms with Crippen molar-refractivity contribution in [1.82, 2.24) is 29.0 Å². The molecule has 0 aliphatic carbocycles. The average Bonchev–Trinajstić information content (AvgIpc) is 3.27. The van der Waals surface area contributed by atoms with E-state index < -0.39 is 36.3 Å². The average molecular weight is 495 g/mol. The first-order valence-electron chi connectivity index (χ1n) is 10.5. The molecule has 9 nitrogen and oxygen atoms in total. The molecule has 1 atom stereocenters. The second-order valence-corrected chi connectivity index (χ2v) is 8.14. The van der Waals surface area contributed by atoms with Gasteiger partial charge in [0.15, 0.2) is 11.5 Å². The Morgan fingerprint density at radius 1 is 1.20 bits per heavy atom. The van der Waals surface area contributed by atoms with Gasteiger partial charge in [-0.05, 0) is 6.07 Å². The lowest BCUT2D eigenvalue weighted by Gasteiger charge is -2.21. The zero-order chi connectivity index (χ0) is 24.9. The summed E-state index contributed by atoms with van der Waals surface area (Å²) >= 11 is 0. The van der Waals surface area contributed by atoms with Crippen LogP contribution in [0.25, 0.3) is 27.9 Å². The van der Waals surface area contributed by atoms with Gasteiger partial charge in [0.05, 0.1) is 30.6 Å². The SMILES string of the molecule is NC1COCCN(C(=O)c2cc3c(cn2)c(-c2cnc4c(F)cc(F)cn24)nn3CC(F)(F)F)C1. The van der Waals surface area contributed by atoms with Crippen LogP contribution < -0.4 is 5.73 Å². The highest BCUT2D eigenvalue weighted by Gasteiger charge is 2.31. The second kappa shape index (κ2) is 8.53. The summed E-state index contributed by atoms with van der Waals surface area (Å²) in [6.45, 7) is -0.469. The molecule has 0 radical (unpaired) electrons. The molecule has 184 valence electrons. The largest absolute Gasteiger partial charge is 0.408 e. The molecule has 5 rings (SSSR count). The van der Waals surface area contributed by atoms with Crippen LogP contribution in [0.1, 0.15) is 10.5 Å². The molecule has 1 unspecified atom stereocenters. The minimum atomic E-state index is -4.63. The highest BCUT2D eigenvalue weighted by molar-refractivity contribution is 5.99. The van der Waals surface area contributed by atoms with E-state index in [4.69, 9.17) is 10.5 Å². The Labute approximate surface area is 193 Å². The van der Waals surface area contributed by atoms with Crippen LogP contribution in [0.3, 0.4) is 0 Å². The van der Waals surface area contributed by atoms with Crippen LogP contribution in [0.15, 0.2) is 30.7 Å². The molecule has 2 N–H and O–H groups in total. The van der Waals surface area contributed by atoms with Gasteiger partial charge in [-0.15, -0.1) is 0 Å². The van der Waals surface area contributed by atoms with Crippen molar-refractivity contribution in [3.8, 4) is 11.4 Å². The van der Waals surface area contributed by atoms with Crippen LogP contribution in [-0.2, 0) is 11.3 Å². The summed E-state index contributed by atoms with van der Waals surface area (Å²) < 4.78 is 75.0. The highest BCUT2D eigenvalue weighted by atomic mass is 19.4. The Hall–Kier alpha value is -3.65. The second-order valence-electron chi connectivity index (χ2n) is 8.14. The number of fused-ring (bicyclic) bond motifs is 2. The summed E-state index contributed by atoms with van der Waals surface area (Å²) in [6, 6.07) is 1.44. The molecule has 35 heavy (non-hydrogen) atoms. The molecule has 1 amide bonds. The minimum Gasteiger partial charge on any atom is -0.378 e. The molecule has 4 aromatic rings. The first kappa shape index (κ1) is 23.1. The Balaban J connectivity index is 1.64. The van der Waals surface area contributed by atoms with Crippen molar-refractivity contribution < 1.29 is 31.5 Å². The number of nitrogens with two attached hydrogens (primary N) is 1. The van der Waals surface area contributed by atoms with Gasteiger partial charge in [0.25, 0.3) is 5.91 Å². The molecule has 5 heterocycles. The van der Waals surface area contributed by atoms with Crippen molar-refractivity contribution in [3.63, 3.8) is 0 Å². The number of carbonyl (C=O) groups excluding carboxylic acids is 1. The Morgan fingerprint density at radius 3 is 2.77 bits per heavy atom. The van der Waals surface area contributed by atoms with Crippen molar-refractivity contribution in [2.45, 2.75) is 18.8 Å². The van der Waals surface area contributed by atoms with Gasteiger partial charge in [-0.2, -0.15) is 18.3 Å². The van der Waals surface area contributed by atoms with Gasteiger partial charge in [0, 0.05) is 43.0 Å². The zero-order valence-electron chi connectivity index (χ0n) is 18.0. The third kappa shape index (κ3) is 4.41. The van der Waals surface area contributed by atoms with Gasteiger partial charge in [0.2, 0.25) is 0 Å². The van der Waals surface area contributed by atoms with Gasteiger partial charge in [-0.1, -0.05) is 0 Å². The van der Waals surface area contributed by atoms with Gasteiger partial charge >= 0.3 is 6.18 Å². The number of rotatable bonds is 3. The minimum absolute atomic E-state index is 0.0292. The van der Waals surface area contributed by atoms with Crippen LogP contribution in [0.2, 0.25) is 0 Å². The molecule has 0 bridgehead atoms. The number of hydrogen-bond donors (Lipinski definition) is 1. The number of aromatic nitrogens is 5. The summed E-state index contributed by atoms with van der Waals surface area (Å²) in [6.07, 6.45) is -1.29. The van der Waals surface area contributed by atoms with Crippen molar-refractivity contribution in [1.29, 1.82) is 0 Å². The quantitative estimate of drug-likeness (QED) is 0.438. The summed E-state index contributed by atoms with van der Waals surface area (Å²) in [5, 5.41) is 4.20. The van der Waals surface area contributed by atoms with Crippen LogP contribution in [0.4, 0.5) is 22.0 Å². The molecule has 0 saturated carbocycles. The van der Waals surface area contributed by atoms with Crippen molar-refractivity contribution in [2.75, 3.05) is 26.3 Å². The van der Waals surface area contributed by atoms with E-state index in [1.165, 1.54) is 23.4 Å². The molecule has 1 aliphatic rings. The maximum atomic E-state index is 14.1. The normalized spacial score (nSPS) is 17.3. The number of ether oxygens (including phenoxy) is 1. The fourth-order valence-electron chi connectivity index (χ4n) is 4.04. The van der Waals surface area contributed by atoms with E-state index in [9.17, 15) is 26.7 Å². The molecule has 1 fully saturated rings. The van der Waals surface area contributed by atoms with Crippen LogP contribution in [0, 0.1) is 11.6 Å². The summed E-state index contributed by atoms with van der Waals surface area (Å²) in [5.41, 5.74) is 5.58. The van der Waals surface area contributed by atoms with E-state index in [1.807, 2.05) is 0 Å². The van der Waals surface area contributed by atoms with Crippen molar-refractivity contribution >= 4 is 22.5 Å². The lowest BCUT2D eigenvalue weighted by Crippen LogP contribution is -2.41. The molecule has 4 aromatic heterocycles. The maximum absolute atomic E-state index is 14.1. The topological polar surface area (TPSA) is 104 Å². The number of imidazole rings is 1. The van der Waals surface area contributed by atoms with Crippen LogP contribution in [-0.4, -0.2) is 73.5 Å². The summed E-state index contributed by atoms with van der Waals surface area (Å²) in [5.74, 6) is -2.37. The first-order valence-corrected chi connectivity index (χ1v) is 10.5. The monoisotopic (exact) mass is 495 g/mol. The Kier molecular flexibility index (Phi) is 5.63. The number of hydrogen-bond acceptors (Lipinski definition) is 6. The molecule has 1 saturated heterocycles. The summed E-state index contributed by atoms with van der Waals surface area (Å²) in [4.78, 5) is 22.5. The van der Waals surface area contributed by atoms with E-state index in [-0.39, 0.29) is 59.9 Å². The Bertz CT molecular complexity index is 1430. The van der Waals surface area contributed by atoms with Gasteiger partial charge in [-0.25, -0.2) is 13.8 Å². The molecule has 1 aliphatic heterocycles. The first-order chi connectivity index (χ1) is 16.6. The van der Waals surface area contributed by atoms with Crippen molar-refractivity contribution in [2.24, 2.45) is 5.73 Å². The van der Waals surface area contributed by atoms with Gasteiger partial charge in [0.1, 0.15) is 23.7 Å². The number of nitrogens with zero attached hydrogens (tertiary/aromatic N) is 6. The molecule has 14 heteroatoms. The number of halogens is 5. The maximum Gasteiger partial charge on any atom is 0.408 e. The van der Waals surface area contributed by atoms with E-state index in [1.54, 1.807) is 0 Å². The molecular weight excluding hydrogens is 477 g/mol. The van der Waals surface area contributed by atoms with Gasteiger partial charge < -0.3 is 15.4 Å². The van der Waals surface area contributed by atoms with Crippen LogP contribution >= 0.6 is 0 Å². The summed E-state index contributed by atoms with van der Waals surface area (Å²) in [7, 11) is 0. The number of carbonyl (C=O) groups is 1. The smallest absolute Gasteiger partial charge is 0.378 e. The number of amides is 1.